The molecule has 0 amide bonds. The van der Waals surface area contributed by atoms with Gasteiger partial charge in [0.15, 0.2) is 11.7 Å². The number of hydrogen-bond acceptors (Lipinski definition) is 4. The number of aliphatic hydroxyl groups is 1. The second kappa shape index (κ2) is 6.70. The molecule has 3 rings (SSSR count). The first-order valence-corrected chi connectivity index (χ1v) is 8.15. The van der Waals surface area contributed by atoms with Crippen molar-refractivity contribution in [2.24, 2.45) is 0 Å². The van der Waals surface area contributed by atoms with E-state index in [1.165, 1.54) is 13.8 Å². The number of hydrogen-bond donors (Lipinski definition) is 1. The molecule has 26 heavy (non-hydrogen) atoms. The van der Waals surface area contributed by atoms with Crippen LogP contribution in [0, 0.1) is 22.7 Å². The Morgan fingerprint density at radius 3 is 1.65 bits per heavy atom. The molecule has 0 fully saturated rings. The van der Waals surface area contributed by atoms with Crippen LogP contribution in [-0.2, 0) is 4.79 Å². The van der Waals surface area contributed by atoms with E-state index in [0.29, 0.717) is 11.1 Å². The van der Waals surface area contributed by atoms with Crippen LogP contribution in [0.4, 0.5) is 0 Å². The maximum atomic E-state index is 12.3. The fourth-order valence-corrected chi connectivity index (χ4v) is 3.51. The number of aliphatic hydroxyl groups excluding tert-OH is 1. The lowest BCUT2D eigenvalue weighted by molar-refractivity contribution is -0.111. The number of carbonyl (C=O) groups is 1. The summed E-state index contributed by atoms with van der Waals surface area (Å²) in [6.45, 7) is 2.90. The van der Waals surface area contributed by atoms with Gasteiger partial charge in [-0.1, -0.05) is 48.5 Å². The van der Waals surface area contributed by atoms with E-state index in [-0.39, 0.29) is 17.1 Å². The molecule has 0 aromatic heterocycles. The van der Waals surface area contributed by atoms with Gasteiger partial charge in [0.1, 0.15) is 5.76 Å². The number of carbonyl (C=O) groups excluding carboxylic acids is 1. The maximum absolute atomic E-state index is 12.3. The van der Waals surface area contributed by atoms with Crippen molar-refractivity contribution in [3.05, 3.63) is 65.4 Å². The fourth-order valence-electron chi connectivity index (χ4n) is 3.51. The zero-order chi connectivity index (χ0) is 18.8. The summed E-state index contributed by atoms with van der Waals surface area (Å²) in [5.74, 6) is -1.23. The largest absolute Gasteiger partial charge is 0.512 e. The molecule has 0 heterocycles. The third-order valence-corrected chi connectivity index (χ3v) is 4.48. The van der Waals surface area contributed by atoms with E-state index in [0.717, 1.165) is 21.5 Å². The minimum Gasteiger partial charge on any atom is -0.512 e. The van der Waals surface area contributed by atoms with Gasteiger partial charge in [-0.3, -0.25) is 4.79 Å². The van der Waals surface area contributed by atoms with E-state index in [4.69, 9.17) is 0 Å². The zero-order valence-electron chi connectivity index (χ0n) is 14.4. The first-order chi connectivity index (χ1) is 12.5. The third-order valence-electron chi connectivity index (χ3n) is 4.48. The zero-order valence-corrected chi connectivity index (χ0v) is 14.4. The summed E-state index contributed by atoms with van der Waals surface area (Å²) in [5, 5.41) is 32.1. The number of nitrogens with zero attached hydrogens (tertiary/aromatic N) is 2. The predicted octanol–water partition coefficient (Wildman–Crippen LogP) is 5.00. The molecule has 0 bridgehead atoms. The summed E-state index contributed by atoms with van der Waals surface area (Å²) in [6, 6.07) is 18.8. The van der Waals surface area contributed by atoms with Crippen LogP contribution in [0.15, 0.2) is 54.3 Å². The highest BCUT2D eigenvalue weighted by atomic mass is 16.3. The summed E-state index contributed by atoms with van der Waals surface area (Å²) in [7, 11) is 0. The molecule has 3 aromatic carbocycles. The molecular weight excluding hydrogens is 324 g/mol. The average Bonchev–Trinajstić information content (AvgIpc) is 2.63. The van der Waals surface area contributed by atoms with Crippen LogP contribution in [0.1, 0.15) is 30.9 Å². The topological polar surface area (TPSA) is 84.9 Å². The summed E-state index contributed by atoms with van der Waals surface area (Å²) in [6.07, 6.45) is 0. The second-order valence-electron chi connectivity index (χ2n) is 6.09. The quantitative estimate of drug-likeness (QED) is 0.413. The van der Waals surface area contributed by atoms with Gasteiger partial charge in [-0.15, -0.1) is 0 Å². The third kappa shape index (κ3) is 2.59. The van der Waals surface area contributed by atoms with Crippen LogP contribution in [-0.4, -0.2) is 10.9 Å². The number of benzene rings is 3. The lowest BCUT2D eigenvalue weighted by Gasteiger charge is -2.18. The number of fused-ring (bicyclic) bond motifs is 2. The highest BCUT2D eigenvalue weighted by Crippen LogP contribution is 2.40. The number of Topliss-reactive ketones (excluding diaryl/α,β-unsaturated/α-hetero) is 1. The smallest absolute Gasteiger partial charge is 0.163 e. The standard InChI is InChI=1S/C22H16N2O2/c1-13(25)20(14(2)26)22-18-9-5-3-7-16(18)21(15(11-23)12-24)17-8-4-6-10-19(17)22/h3-10,15,25H,1-2H3/b20-13+. The van der Waals surface area contributed by atoms with Crippen molar-refractivity contribution >= 4 is 32.9 Å². The van der Waals surface area contributed by atoms with E-state index in [1.54, 1.807) is 0 Å². The lowest BCUT2D eigenvalue weighted by atomic mass is 9.83. The normalized spacial score (nSPS) is 11.9. The van der Waals surface area contributed by atoms with Gasteiger partial charge in [0.25, 0.3) is 0 Å². The Hall–Kier alpha value is -3.63. The SMILES string of the molecule is CC(=O)/C(=C(/C)O)c1c2ccccc2c(C(C#N)C#N)c2ccccc12. The predicted molar refractivity (Wildman–Crippen MR) is 101 cm³/mol. The molecule has 3 aromatic rings. The molecule has 0 unspecified atom stereocenters. The van der Waals surface area contributed by atoms with E-state index < -0.39 is 5.92 Å². The molecule has 0 atom stereocenters. The average molecular weight is 340 g/mol. The molecule has 4 heteroatoms. The molecule has 1 N–H and O–H groups in total. The van der Waals surface area contributed by atoms with Gasteiger partial charge in [-0.25, -0.2) is 0 Å². The van der Waals surface area contributed by atoms with Crippen LogP contribution in [0.25, 0.3) is 27.1 Å². The molecule has 126 valence electrons. The highest BCUT2D eigenvalue weighted by molar-refractivity contribution is 6.28. The highest BCUT2D eigenvalue weighted by Gasteiger charge is 2.23. The Balaban J connectivity index is 2.67. The van der Waals surface area contributed by atoms with Crippen LogP contribution in [0.2, 0.25) is 0 Å². The van der Waals surface area contributed by atoms with E-state index in [2.05, 4.69) is 12.1 Å². The Morgan fingerprint density at radius 2 is 1.31 bits per heavy atom. The Bertz CT molecular complexity index is 1090. The molecule has 0 aliphatic heterocycles. The van der Waals surface area contributed by atoms with Gasteiger partial charge < -0.3 is 5.11 Å². The van der Waals surface area contributed by atoms with Gasteiger partial charge in [0, 0.05) is 5.56 Å². The van der Waals surface area contributed by atoms with Crippen molar-refractivity contribution in [3.8, 4) is 12.1 Å². The monoisotopic (exact) mass is 340 g/mol. The van der Waals surface area contributed by atoms with Crippen LogP contribution in [0.3, 0.4) is 0 Å². The molecule has 0 saturated heterocycles. The number of nitriles is 2. The molecule has 0 radical (unpaired) electrons. The van der Waals surface area contributed by atoms with Crippen LogP contribution in [0.5, 0.6) is 0 Å². The first kappa shape index (κ1) is 17.2. The van der Waals surface area contributed by atoms with Crippen molar-refractivity contribution in [3.63, 3.8) is 0 Å². The van der Waals surface area contributed by atoms with Gasteiger partial charge in [-0.05, 0) is 41.0 Å². The Labute approximate surface area is 151 Å². The van der Waals surface area contributed by atoms with Gasteiger partial charge >= 0.3 is 0 Å². The lowest BCUT2D eigenvalue weighted by Crippen LogP contribution is -2.04. The first-order valence-electron chi connectivity index (χ1n) is 8.15. The van der Waals surface area contributed by atoms with E-state index >= 15 is 0 Å². The van der Waals surface area contributed by atoms with Crippen LogP contribution >= 0.6 is 0 Å². The maximum Gasteiger partial charge on any atom is 0.163 e. The molecular formula is C22H16N2O2. The Morgan fingerprint density at radius 1 is 0.885 bits per heavy atom. The molecule has 0 saturated carbocycles. The molecule has 0 spiro atoms. The minimum absolute atomic E-state index is 0.0577. The summed E-state index contributed by atoms with van der Waals surface area (Å²) in [5.41, 5.74) is 1.50. The number of ketones is 1. The van der Waals surface area contributed by atoms with E-state index in [9.17, 15) is 20.4 Å². The minimum atomic E-state index is -0.932. The van der Waals surface area contributed by atoms with Crippen molar-refractivity contribution in [1.29, 1.82) is 10.5 Å². The van der Waals surface area contributed by atoms with E-state index in [1.807, 2.05) is 48.5 Å². The summed E-state index contributed by atoms with van der Waals surface area (Å²) >= 11 is 0. The Kier molecular flexibility index (Phi) is 4.43. The van der Waals surface area contributed by atoms with Gasteiger partial charge in [0.2, 0.25) is 0 Å². The van der Waals surface area contributed by atoms with Gasteiger partial charge in [0.05, 0.1) is 17.7 Å². The second-order valence-corrected chi connectivity index (χ2v) is 6.09. The molecule has 4 nitrogen and oxygen atoms in total. The summed E-state index contributed by atoms with van der Waals surface area (Å²) in [4.78, 5) is 12.3. The van der Waals surface area contributed by atoms with Crippen molar-refractivity contribution in [2.75, 3.05) is 0 Å². The van der Waals surface area contributed by atoms with Crippen molar-refractivity contribution < 1.29 is 9.90 Å². The molecule has 0 aliphatic carbocycles. The van der Waals surface area contributed by atoms with Crippen molar-refractivity contribution in [1.82, 2.24) is 0 Å². The number of allylic oxidation sites excluding steroid dienone is 2. The number of rotatable bonds is 3. The van der Waals surface area contributed by atoms with Crippen LogP contribution < -0.4 is 0 Å². The summed E-state index contributed by atoms with van der Waals surface area (Å²) < 4.78 is 0. The van der Waals surface area contributed by atoms with Gasteiger partial charge in [-0.2, -0.15) is 10.5 Å². The molecule has 0 aliphatic rings. The van der Waals surface area contributed by atoms with Crippen molar-refractivity contribution in [2.45, 2.75) is 19.8 Å². The fraction of sp³-hybridized carbons (Fsp3) is 0.136.